The van der Waals surface area contributed by atoms with Gasteiger partial charge in [0.2, 0.25) is 5.91 Å². The quantitative estimate of drug-likeness (QED) is 0.344. The van der Waals surface area contributed by atoms with Gasteiger partial charge in [0.1, 0.15) is 12.4 Å². The zero-order valence-corrected chi connectivity index (χ0v) is 21.6. The summed E-state index contributed by atoms with van der Waals surface area (Å²) in [7, 11) is 1.54. The molecule has 0 saturated heterocycles. The van der Waals surface area contributed by atoms with Gasteiger partial charge in [0.25, 0.3) is 5.91 Å². The van der Waals surface area contributed by atoms with Crippen LogP contribution in [0.2, 0.25) is 0 Å². The molecule has 0 fully saturated rings. The number of ether oxygens (including phenoxy) is 3. The van der Waals surface area contributed by atoms with Crippen LogP contribution in [0.25, 0.3) is 11.3 Å². The zero-order chi connectivity index (χ0) is 27.5. The van der Waals surface area contributed by atoms with Crippen molar-refractivity contribution in [3.63, 3.8) is 0 Å². The molecule has 0 spiro atoms. The molecule has 2 aromatic heterocycles. The van der Waals surface area contributed by atoms with Crippen LogP contribution in [0, 0.1) is 6.92 Å². The van der Waals surface area contributed by atoms with Gasteiger partial charge >= 0.3 is 6.36 Å². The molecule has 0 atom stereocenters. The number of rotatable bonds is 12. The molecule has 0 aliphatic carbocycles. The van der Waals surface area contributed by atoms with Gasteiger partial charge in [-0.05, 0) is 55.3 Å². The van der Waals surface area contributed by atoms with Gasteiger partial charge in [-0.3, -0.25) is 14.6 Å². The number of nitrogens with zero attached hydrogens (tertiary/aromatic N) is 3. The Morgan fingerprint density at radius 3 is 2.55 bits per heavy atom. The van der Waals surface area contributed by atoms with Gasteiger partial charge in [-0.25, -0.2) is 0 Å². The summed E-state index contributed by atoms with van der Waals surface area (Å²) >= 11 is 1.22. The molecular weight excluding hydrogens is 525 g/mol. The highest BCUT2D eigenvalue weighted by atomic mass is 32.1. The third kappa shape index (κ3) is 9.08. The number of hydrogen-bond donors (Lipinski definition) is 1. The van der Waals surface area contributed by atoms with Gasteiger partial charge in [0.05, 0.1) is 24.5 Å². The Bertz CT molecular complexity index is 1270. The molecule has 1 aromatic carbocycles. The number of pyridine rings is 1. The number of methoxy groups -OCH3 is 1. The first kappa shape index (κ1) is 29.0. The summed E-state index contributed by atoms with van der Waals surface area (Å²) in [5.41, 5.74) is 2.35. The van der Waals surface area contributed by atoms with E-state index in [1.807, 2.05) is 0 Å². The summed E-state index contributed by atoms with van der Waals surface area (Å²) in [5.74, 6) is -1.09. The predicted molar refractivity (Wildman–Crippen MR) is 134 cm³/mol. The van der Waals surface area contributed by atoms with E-state index in [2.05, 4.69) is 20.0 Å². The van der Waals surface area contributed by atoms with Crippen LogP contribution >= 0.6 is 11.3 Å². The molecule has 0 aliphatic heterocycles. The summed E-state index contributed by atoms with van der Waals surface area (Å²) in [4.78, 5) is 33.5. The fourth-order valence-electron chi connectivity index (χ4n) is 3.26. The third-order valence-electron chi connectivity index (χ3n) is 5.08. The van der Waals surface area contributed by atoms with E-state index in [0.717, 1.165) is 5.69 Å². The first-order chi connectivity index (χ1) is 18.2. The van der Waals surface area contributed by atoms with E-state index in [9.17, 15) is 22.8 Å². The molecule has 0 saturated carbocycles. The fraction of sp³-hybridized carbons (Fsp3) is 0.360. The maximum Gasteiger partial charge on any atom is 0.573 e. The first-order valence-corrected chi connectivity index (χ1v) is 12.4. The number of hydrogen-bond acceptors (Lipinski definition) is 7. The Hall–Kier alpha value is -3.55. The van der Waals surface area contributed by atoms with Crippen molar-refractivity contribution < 1.29 is 37.0 Å². The van der Waals surface area contributed by atoms with E-state index in [4.69, 9.17) is 9.47 Å². The van der Waals surface area contributed by atoms with Crippen LogP contribution in [0.1, 0.15) is 22.5 Å². The zero-order valence-electron chi connectivity index (χ0n) is 20.8. The molecule has 204 valence electrons. The SMILES string of the molecule is COCCOCC(=O)NCCCn1c(-c2ccc(OC(F)(F)F)cc2)csc1=NC(=O)c1ccc(C)nc1. The van der Waals surface area contributed by atoms with E-state index < -0.39 is 12.3 Å². The lowest BCUT2D eigenvalue weighted by Gasteiger charge is -2.12. The van der Waals surface area contributed by atoms with E-state index in [-0.39, 0.29) is 18.3 Å². The second-order valence-corrected chi connectivity index (χ2v) is 8.82. The molecular formula is C25H27F3N4O5S. The Balaban J connectivity index is 1.78. The van der Waals surface area contributed by atoms with E-state index >= 15 is 0 Å². The molecule has 0 bridgehead atoms. The minimum atomic E-state index is -4.79. The molecule has 0 radical (unpaired) electrons. The number of nitrogens with one attached hydrogen (secondary N) is 1. The lowest BCUT2D eigenvalue weighted by Crippen LogP contribution is -2.30. The Kier molecular flexibility index (Phi) is 10.6. The van der Waals surface area contributed by atoms with Crippen molar-refractivity contribution in [1.82, 2.24) is 14.9 Å². The van der Waals surface area contributed by atoms with Gasteiger partial charge in [-0.1, -0.05) is 0 Å². The molecule has 38 heavy (non-hydrogen) atoms. The molecule has 13 heteroatoms. The fourth-order valence-corrected chi connectivity index (χ4v) is 4.19. The smallest absolute Gasteiger partial charge is 0.406 e. The van der Waals surface area contributed by atoms with Crippen molar-refractivity contribution in [3.8, 4) is 17.0 Å². The summed E-state index contributed by atoms with van der Waals surface area (Å²) in [6, 6.07) is 8.77. The lowest BCUT2D eigenvalue weighted by atomic mass is 10.1. The summed E-state index contributed by atoms with van der Waals surface area (Å²) in [6.07, 6.45) is -2.85. The highest BCUT2D eigenvalue weighted by Crippen LogP contribution is 2.27. The Morgan fingerprint density at radius 2 is 1.89 bits per heavy atom. The van der Waals surface area contributed by atoms with Crippen LogP contribution in [0.5, 0.6) is 5.75 Å². The monoisotopic (exact) mass is 552 g/mol. The largest absolute Gasteiger partial charge is 0.573 e. The number of halogens is 3. The van der Waals surface area contributed by atoms with Crippen LogP contribution in [0.3, 0.4) is 0 Å². The standard InChI is InChI=1S/C25H27F3N4O5S/c1-17-4-5-19(14-30-17)23(34)31-24-32(11-3-10-29-22(33)15-36-13-12-35-2)21(16-38-24)18-6-8-20(9-7-18)37-25(26,27)28/h4-9,14,16H,3,10-13,15H2,1-2H3,(H,29,33). The van der Waals surface area contributed by atoms with Crippen molar-refractivity contribution in [2.45, 2.75) is 26.3 Å². The molecule has 0 aliphatic rings. The Labute approximate surface area is 220 Å². The number of carbonyl (C=O) groups is 2. The van der Waals surface area contributed by atoms with Crippen molar-refractivity contribution in [2.75, 3.05) is 33.5 Å². The van der Waals surface area contributed by atoms with Crippen LogP contribution < -0.4 is 14.9 Å². The van der Waals surface area contributed by atoms with E-state index in [0.29, 0.717) is 54.3 Å². The highest BCUT2D eigenvalue weighted by Gasteiger charge is 2.31. The third-order valence-corrected chi connectivity index (χ3v) is 5.95. The molecule has 3 aromatic rings. The van der Waals surface area contributed by atoms with Gasteiger partial charge in [0, 0.05) is 37.5 Å². The number of benzene rings is 1. The number of aromatic nitrogens is 2. The highest BCUT2D eigenvalue weighted by molar-refractivity contribution is 7.07. The van der Waals surface area contributed by atoms with Gasteiger partial charge in [-0.15, -0.1) is 24.5 Å². The summed E-state index contributed by atoms with van der Waals surface area (Å²) in [5, 5.41) is 4.52. The topological polar surface area (TPSA) is 104 Å². The number of thiazole rings is 1. The van der Waals surface area contributed by atoms with Crippen molar-refractivity contribution in [2.24, 2.45) is 4.99 Å². The van der Waals surface area contributed by atoms with E-state index in [1.165, 1.54) is 48.9 Å². The maximum absolute atomic E-state index is 12.8. The predicted octanol–water partition coefficient (Wildman–Crippen LogP) is 3.73. The van der Waals surface area contributed by atoms with Gasteiger partial charge in [0.15, 0.2) is 4.80 Å². The lowest BCUT2D eigenvalue weighted by molar-refractivity contribution is -0.274. The van der Waals surface area contributed by atoms with Crippen molar-refractivity contribution >= 4 is 23.2 Å². The maximum atomic E-state index is 12.8. The van der Waals surface area contributed by atoms with Crippen LogP contribution in [0.4, 0.5) is 13.2 Å². The Morgan fingerprint density at radius 1 is 1.13 bits per heavy atom. The average molecular weight is 553 g/mol. The normalized spacial score (nSPS) is 12.0. The molecule has 1 N–H and O–H groups in total. The molecule has 2 heterocycles. The van der Waals surface area contributed by atoms with Crippen LogP contribution in [-0.2, 0) is 20.8 Å². The average Bonchev–Trinajstić information content (AvgIpc) is 3.26. The van der Waals surface area contributed by atoms with Gasteiger partial charge in [-0.2, -0.15) is 4.99 Å². The summed E-state index contributed by atoms with van der Waals surface area (Å²) < 4.78 is 53.4. The van der Waals surface area contributed by atoms with Crippen molar-refractivity contribution in [1.29, 1.82) is 0 Å². The molecule has 2 amide bonds. The first-order valence-electron chi connectivity index (χ1n) is 11.6. The second kappa shape index (κ2) is 13.8. The van der Waals surface area contributed by atoms with Crippen LogP contribution in [0.15, 0.2) is 53.0 Å². The molecule has 9 nitrogen and oxygen atoms in total. The van der Waals surface area contributed by atoms with Gasteiger partial charge < -0.3 is 24.1 Å². The number of aryl methyl sites for hydroxylation is 1. The van der Waals surface area contributed by atoms with E-state index in [1.54, 1.807) is 29.0 Å². The molecule has 0 unspecified atom stereocenters. The number of carbonyl (C=O) groups excluding carboxylic acids is 2. The summed E-state index contributed by atoms with van der Waals surface area (Å²) in [6.45, 7) is 3.12. The molecule has 3 rings (SSSR count). The number of amides is 2. The van der Waals surface area contributed by atoms with Crippen LogP contribution in [-0.4, -0.2) is 61.2 Å². The second-order valence-electron chi connectivity index (χ2n) is 7.98. The minimum absolute atomic E-state index is 0.0911. The minimum Gasteiger partial charge on any atom is -0.406 e. The van der Waals surface area contributed by atoms with Crippen molar-refractivity contribution in [3.05, 3.63) is 64.0 Å². The number of alkyl halides is 3.